The van der Waals surface area contributed by atoms with Gasteiger partial charge in [-0.25, -0.2) is 8.42 Å². The molecule has 41 heavy (non-hydrogen) atoms. The van der Waals surface area contributed by atoms with Crippen molar-refractivity contribution < 1.29 is 87.8 Å². The van der Waals surface area contributed by atoms with Gasteiger partial charge in [0.15, 0.2) is 0 Å². The Morgan fingerprint density at radius 2 is 0.927 bits per heavy atom. The van der Waals surface area contributed by atoms with E-state index in [9.17, 15) is 87.8 Å². The van der Waals surface area contributed by atoms with Crippen molar-refractivity contribution in [2.24, 2.45) is 5.73 Å². The number of amides is 1. The zero-order chi connectivity index (χ0) is 33.3. The molecule has 5 nitrogen and oxygen atoms in total. The van der Waals surface area contributed by atoms with E-state index in [1.165, 1.54) is 6.92 Å². The van der Waals surface area contributed by atoms with E-state index < -0.39 is 106 Å². The third kappa shape index (κ3) is 6.43. The summed E-state index contributed by atoms with van der Waals surface area (Å²) in [5, 5.41) is -7.60. The van der Waals surface area contributed by atoms with Crippen LogP contribution in [0, 0.1) is 0 Å². The molecule has 0 saturated heterocycles. The minimum atomic E-state index is -8.88. The summed E-state index contributed by atoms with van der Waals surface area (Å²) in [5.74, 6) is -52.9. The lowest BCUT2D eigenvalue weighted by atomic mass is 9.91. The van der Waals surface area contributed by atoms with Crippen LogP contribution in [0.25, 0.3) is 0 Å². The highest BCUT2D eigenvalue weighted by Crippen LogP contribution is 2.64. The van der Waals surface area contributed by atoms with Crippen LogP contribution in [0.3, 0.4) is 0 Å². The number of halogens is 17. The molecule has 0 aromatic heterocycles. The van der Waals surface area contributed by atoms with Crippen LogP contribution in [0.2, 0.25) is 0 Å². The molecule has 0 aliphatic rings. The zero-order valence-corrected chi connectivity index (χ0v) is 21.1. The first kappa shape index (κ1) is 39.2. The SMILES string of the molecule is CCCCCN(CCCCC(N)=O)S(=O)(=O)C(F)(F)C(F)(F)C(F)(F)C(F)(F)C(F)(F)C(F)(F)C(F)(F)C(F)(F)F. The topological polar surface area (TPSA) is 80.5 Å². The molecule has 246 valence electrons. The minimum Gasteiger partial charge on any atom is -0.370 e. The molecule has 0 radical (unpaired) electrons. The lowest BCUT2D eigenvalue weighted by molar-refractivity contribution is -0.458. The van der Waals surface area contributed by atoms with Gasteiger partial charge in [-0.3, -0.25) is 4.79 Å². The summed E-state index contributed by atoms with van der Waals surface area (Å²) in [4.78, 5) is 10.7. The van der Waals surface area contributed by atoms with Gasteiger partial charge in [0.1, 0.15) is 0 Å². The van der Waals surface area contributed by atoms with E-state index in [2.05, 4.69) is 0 Å². The predicted molar refractivity (Wildman–Crippen MR) is 104 cm³/mol. The predicted octanol–water partition coefficient (Wildman–Crippen LogP) is 6.43. The second kappa shape index (κ2) is 12.1. The van der Waals surface area contributed by atoms with Crippen molar-refractivity contribution in [2.75, 3.05) is 13.1 Å². The first-order valence-electron chi connectivity index (χ1n) is 10.9. The first-order chi connectivity index (χ1) is 17.9. The van der Waals surface area contributed by atoms with Crippen LogP contribution in [0.15, 0.2) is 0 Å². The van der Waals surface area contributed by atoms with Gasteiger partial charge in [0.25, 0.3) is 10.0 Å². The van der Waals surface area contributed by atoms with E-state index in [0.29, 0.717) is 0 Å². The zero-order valence-electron chi connectivity index (χ0n) is 20.2. The molecule has 0 aromatic rings. The molecule has 0 bridgehead atoms. The summed E-state index contributed by atoms with van der Waals surface area (Å²) in [6.45, 7) is -1.12. The minimum absolute atomic E-state index is 0.0573. The van der Waals surface area contributed by atoms with Crippen molar-refractivity contribution in [1.82, 2.24) is 4.31 Å². The smallest absolute Gasteiger partial charge is 0.370 e. The quantitative estimate of drug-likeness (QED) is 0.143. The Labute approximate surface area is 220 Å². The maximum Gasteiger partial charge on any atom is 0.460 e. The molecular weight excluding hydrogens is 647 g/mol. The molecule has 0 saturated carbocycles. The lowest BCUT2D eigenvalue weighted by Gasteiger charge is -2.43. The molecule has 0 atom stereocenters. The fourth-order valence-electron chi connectivity index (χ4n) is 2.95. The van der Waals surface area contributed by atoms with Gasteiger partial charge in [-0.05, 0) is 19.3 Å². The second-order valence-corrected chi connectivity index (χ2v) is 10.5. The number of unbranched alkanes of at least 4 members (excludes halogenated alkanes) is 3. The molecule has 2 N–H and O–H groups in total. The number of primary amides is 1. The molecular formula is C18H21F17N2O3S. The van der Waals surface area contributed by atoms with Gasteiger partial charge in [-0.2, -0.15) is 78.9 Å². The normalized spacial score (nSPS) is 15.5. The fraction of sp³-hybridized carbons (Fsp3) is 0.944. The molecule has 0 aliphatic heterocycles. The lowest BCUT2D eigenvalue weighted by Crippen LogP contribution is -2.75. The summed E-state index contributed by atoms with van der Waals surface area (Å²) in [6, 6.07) is 0. The Morgan fingerprint density at radius 3 is 1.27 bits per heavy atom. The van der Waals surface area contributed by atoms with Crippen molar-refractivity contribution in [1.29, 1.82) is 0 Å². The van der Waals surface area contributed by atoms with Gasteiger partial charge in [0.2, 0.25) is 5.91 Å². The van der Waals surface area contributed by atoms with Gasteiger partial charge >= 0.3 is 47.0 Å². The molecule has 23 heteroatoms. The molecule has 0 spiro atoms. The average Bonchev–Trinajstić information content (AvgIpc) is 2.78. The van der Waals surface area contributed by atoms with Gasteiger partial charge < -0.3 is 5.73 Å². The van der Waals surface area contributed by atoms with Crippen LogP contribution in [0.5, 0.6) is 0 Å². The summed E-state index contributed by atoms with van der Waals surface area (Å²) < 4.78 is 253. The van der Waals surface area contributed by atoms with E-state index >= 15 is 0 Å². The largest absolute Gasteiger partial charge is 0.460 e. The van der Waals surface area contributed by atoms with Crippen LogP contribution >= 0.6 is 0 Å². The number of carbonyl (C=O) groups excluding carboxylic acids is 1. The number of alkyl halides is 17. The number of hydrogen-bond acceptors (Lipinski definition) is 3. The maximum absolute atomic E-state index is 14.5. The van der Waals surface area contributed by atoms with Crippen molar-refractivity contribution in [3.63, 3.8) is 0 Å². The molecule has 1 amide bonds. The monoisotopic (exact) mass is 668 g/mol. The number of nitrogens with two attached hydrogens (primary N) is 1. The summed E-state index contributed by atoms with van der Waals surface area (Å²) in [6.07, 6.45) is -9.97. The number of hydrogen-bond donors (Lipinski definition) is 1. The standard InChI is InChI=1S/C18H21F17N2O3S/c1-2-3-5-8-37(9-6-4-7-10(36)38)41(39,40)18(34,35)16(29,30)14(25,26)12(21,22)11(19,20)13(23,24)15(27,28)17(31,32)33/h2-9H2,1H3,(H2,36,38). The highest BCUT2D eigenvalue weighted by Gasteiger charge is 2.96. The van der Waals surface area contributed by atoms with Crippen LogP contribution < -0.4 is 5.73 Å². The van der Waals surface area contributed by atoms with E-state index in [1.54, 1.807) is 0 Å². The van der Waals surface area contributed by atoms with Gasteiger partial charge in [-0.15, -0.1) is 0 Å². The Hall–Kier alpha value is -1.81. The first-order valence-corrected chi connectivity index (χ1v) is 12.3. The second-order valence-electron chi connectivity index (χ2n) is 8.50. The number of carbonyl (C=O) groups is 1. The van der Waals surface area contributed by atoms with Crippen LogP contribution in [0.4, 0.5) is 74.6 Å². The number of rotatable bonds is 17. The van der Waals surface area contributed by atoms with Crippen molar-refractivity contribution >= 4 is 15.9 Å². The highest BCUT2D eigenvalue weighted by atomic mass is 32.2. The van der Waals surface area contributed by atoms with E-state index in [1.807, 2.05) is 0 Å². The average molecular weight is 668 g/mol. The van der Waals surface area contributed by atoms with E-state index in [0.717, 1.165) is 0 Å². The Morgan fingerprint density at radius 1 is 0.585 bits per heavy atom. The summed E-state index contributed by atoms with van der Waals surface area (Å²) >= 11 is 0. The third-order valence-electron chi connectivity index (χ3n) is 5.45. The highest BCUT2D eigenvalue weighted by molar-refractivity contribution is 7.90. The van der Waals surface area contributed by atoms with Crippen LogP contribution in [-0.2, 0) is 14.8 Å². The fourth-order valence-corrected chi connectivity index (χ4v) is 4.47. The molecule has 0 fully saturated rings. The molecule has 0 rings (SSSR count). The van der Waals surface area contributed by atoms with E-state index in [-0.39, 0.29) is 12.8 Å². The summed E-state index contributed by atoms with van der Waals surface area (Å²) in [7, 11) is -7.36. The molecule has 0 heterocycles. The Balaban J connectivity index is 6.86. The molecule has 0 unspecified atom stereocenters. The Kier molecular flexibility index (Phi) is 11.5. The van der Waals surface area contributed by atoms with Crippen molar-refractivity contribution in [3.05, 3.63) is 0 Å². The Bertz CT molecular complexity index is 1010. The van der Waals surface area contributed by atoms with Gasteiger partial charge in [0, 0.05) is 19.5 Å². The maximum atomic E-state index is 14.5. The third-order valence-corrected chi connectivity index (χ3v) is 7.40. The van der Waals surface area contributed by atoms with Crippen LogP contribution in [-0.4, -0.2) is 78.7 Å². The van der Waals surface area contributed by atoms with Gasteiger partial charge in [0.05, 0.1) is 0 Å². The summed E-state index contributed by atoms with van der Waals surface area (Å²) in [5.41, 5.74) is 4.76. The van der Waals surface area contributed by atoms with E-state index in [4.69, 9.17) is 5.73 Å². The molecule has 0 aliphatic carbocycles. The molecule has 0 aromatic carbocycles. The van der Waals surface area contributed by atoms with Crippen LogP contribution in [0.1, 0.15) is 45.4 Å². The number of nitrogens with zero attached hydrogens (tertiary/aromatic N) is 1. The van der Waals surface area contributed by atoms with Gasteiger partial charge in [-0.1, -0.05) is 19.8 Å². The van der Waals surface area contributed by atoms with Crippen molar-refractivity contribution in [3.8, 4) is 0 Å². The van der Waals surface area contributed by atoms with Crippen molar-refractivity contribution in [2.45, 2.75) is 92.4 Å². The number of sulfonamides is 1.